The van der Waals surface area contributed by atoms with E-state index in [2.05, 4.69) is 30.7 Å². The highest BCUT2D eigenvalue weighted by Gasteiger charge is 2.28. The Balaban J connectivity index is 1.37. The van der Waals surface area contributed by atoms with Crippen LogP contribution in [0.5, 0.6) is 0 Å². The van der Waals surface area contributed by atoms with Crippen LogP contribution in [0.4, 0.5) is 8.78 Å². The average Bonchev–Trinajstić information content (AvgIpc) is 3.45. The minimum atomic E-state index is -0.717. The highest BCUT2D eigenvalue weighted by Crippen LogP contribution is 2.27. The zero-order chi connectivity index (χ0) is 20.0. The molecule has 1 aromatic carbocycles. The SMILES string of the molecule is O=C(c1cc(-n2cnnn2)n[nH]1)N1CCc2oc(-c3cc(F)cc(F)c3)nc2C1. The third-order valence-corrected chi connectivity index (χ3v) is 4.50. The summed E-state index contributed by atoms with van der Waals surface area (Å²) in [4.78, 5) is 18.7. The largest absolute Gasteiger partial charge is 0.441 e. The number of rotatable bonds is 3. The van der Waals surface area contributed by atoms with Gasteiger partial charge >= 0.3 is 0 Å². The second-order valence-corrected chi connectivity index (χ2v) is 6.42. The number of tetrazole rings is 1. The Labute approximate surface area is 161 Å². The van der Waals surface area contributed by atoms with Gasteiger partial charge in [0.1, 0.15) is 35.1 Å². The van der Waals surface area contributed by atoms with Crippen LogP contribution >= 0.6 is 0 Å². The molecule has 3 aromatic heterocycles. The molecule has 10 nitrogen and oxygen atoms in total. The number of H-pyrrole nitrogens is 1. The third-order valence-electron chi connectivity index (χ3n) is 4.50. The molecular weight excluding hydrogens is 386 g/mol. The zero-order valence-electron chi connectivity index (χ0n) is 14.7. The van der Waals surface area contributed by atoms with Crippen LogP contribution in [0.15, 0.2) is 35.0 Å². The van der Waals surface area contributed by atoms with Crippen LogP contribution in [0.25, 0.3) is 17.3 Å². The Morgan fingerprint density at radius 1 is 1.17 bits per heavy atom. The van der Waals surface area contributed by atoms with Crippen molar-refractivity contribution in [1.29, 1.82) is 0 Å². The zero-order valence-corrected chi connectivity index (χ0v) is 14.7. The van der Waals surface area contributed by atoms with Gasteiger partial charge in [-0.2, -0.15) is 9.78 Å². The van der Waals surface area contributed by atoms with Gasteiger partial charge in [-0.3, -0.25) is 9.89 Å². The lowest BCUT2D eigenvalue weighted by atomic mass is 10.1. The number of aromatic amines is 1. The lowest BCUT2D eigenvalue weighted by Crippen LogP contribution is -2.36. The highest BCUT2D eigenvalue weighted by atomic mass is 19.1. The first kappa shape index (κ1) is 17.2. The van der Waals surface area contributed by atoms with Gasteiger partial charge in [0.25, 0.3) is 5.91 Å². The van der Waals surface area contributed by atoms with E-state index in [1.54, 1.807) is 4.90 Å². The van der Waals surface area contributed by atoms with E-state index in [1.807, 2.05) is 0 Å². The summed E-state index contributed by atoms with van der Waals surface area (Å²) in [6, 6.07) is 4.61. The molecular formula is C17H12F2N8O2. The summed E-state index contributed by atoms with van der Waals surface area (Å²) >= 11 is 0. The summed E-state index contributed by atoms with van der Waals surface area (Å²) < 4.78 is 33.9. The minimum Gasteiger partial charge on any atom is -0.441 e. The Kier molecular flexibility index (Phi) is 3.89. The Bertz CT molecular complexity index is 1180. The fraction of sp³-hybridized carbons (Fsp3) is 0.176. The molecule has 29 heavy (non-hydrogen) atoms. The van der Waals surface area contributed by atoms with E-state index < -0.39 is 11.6 Å². The number of nitrogens with zero attached hydrogens (tertiary/aromatic N) is 7. The van der Waals surface area contributed by atoms with Gasteiger partial charge in [-0.1, -0.05) is 0 Å². The van der Waals surface area contributed by atoms with Gasteiger partial charge in [0.2, 0.25) is 5.89 Å². The molecule has 1 aliphatic rings. The molecule has 0 aliphatic carbocycles. The van der Waals surface area contributed by atoms with Gasteiger partial charge in [-0.15, -0.1) is 5.10 Å². The molecule has 4 aromatic rings. The standard InChI is InChI=1S/C17H12F2N8O2/c18-10-3-9(4-11(19)5-10)16-21-13-7-26(2-1-14(13)29-16)17(28)12-6-15(23-22-12)27-8-20-24-25-27/h3-6,8H,1-2,7H2,(H,22,23). The maximum atomic E-state index is 13.5. The molecule has 12 heteroatoms. The number of amides is 1. The number of nitrogens with one attached hydrogen (secondary N) is 1. The minimum absolute atomic E-state index is 0.116. The first-order chi connectivity index (χ1) is 14.1. The molecule has 0 fully saturated rings. The summed E-state index contributed by atoms with van der Waals surface area (Å²) in [5.74, 6) is -0.620. The van der Waals surface area contributed by atoms with Gasteiger partial charge in [0.05, 0.1) is 6.54 Å². The first-order valence-corrected chi connectivity index (χ1v) is 8.60. The summed E-state index contributed by atoms with van der Waals surface area (Å²) in [5.41, 5.74) is 1.02. The van der Waals surface area contributed by atoms with Crippen molar-refractivity contribution in [1.82, 2.24) is 40.3 Å². The van der Waals surface area contributed by atoms with E-state index in [9.17, 15) is 13.6 Å². The number of aromatic nitrogens is 7. The van der Waals surface area contributed by atoms with Gasteiger partial charge in [-0.25, -0.2) is 13.8 Å². The fourth-order valence-electron chi connectivity index (χ4n) is 3.15. The van der Waals surface area contributed by atoms with Crippen LogP contribution in [0, 0.1) is 11.6 Å². The molecule has 0 atom stereocenters. The summed E-state index contributed by atoms with van der Waals surface area (Å²) in [5, 5.41) is 17.5. The molecule has 0 radical (unpaired) electrons. The van der Waals surface area contributed by atoms with Crippen LogP contribution in [0.3, 0.4) is 0 Å². The van der Waals surface area contributed by atoms with Crippen LogP contribution in [-0.4, -0.2) is 52.7 Å². The second-order valence-electron chi connectivity index (χ2n) is 6.42. The smallest absolute Gasteiger partial charge is 0.272 e. The number of carbonyl (C=O) groups is 1. The lowest BCUT2D eigenvalue weighted by Gasteiger charge is -2.24. The van der Waals surface area contributed by atoms with Gasteiger partial charge in [0, 0.05) is 30.7 Å². The van der Waals surface area contributed by atoms with Crippen molar-refractivity contribution in [2.24, 2.45) is 0 Å². The normalized spacial score (nSPS) is 13.5. The number of hydrogen-bond acceptors (Lipinski definition) is 7. The number of hydrogen-bond donors (Lipinski definition) is 1. The molecule has 1 amide bonds. The summed E-state index contributed by atoms with van der Waals surface area (Å²) in [6.45, 7) is 0.603. The molecule has 146 valence electrons. The number of fused-ring (bicyclic) bond motifs is 1. The van der Waals surface area contributed by atoms with Crippen molar-refractivity contribution in [2.75, 3.05) is 6.54 Å². The molecule has 1 aliphatic heterocycles. The van der Waals surface area contributed by atoms with Gasteiger partial charge < -0.3 is 9.32 Å². The van der Waals surface area contributed by atoms with E-state index in [4.69, 9.17) is 4.42 Å². The van der Waals surface area contributed by atoms with Crippen molar-refractivity contribution >= 4 is 5.91 Å². The molecule has 0 spiro atoms. The Hall–Kier alpha value is -3.96. The topological polar surface area (TPSA) is 119 Å². The predicted octanol–water partition coefficient (Wildman–Crippen LogP) is 1.52. The summed E-state index contributed by atoms with van der Waals surface area (Å²) in [7, 11) is 0. The third kappa shape index (κ3) is 3.13. The summed E-state index contributed by atoms with van der Waals surface area (Å²) in [6.07, 6.45) is 1.80. The van der Waals surface area contributed by atoms with Crippen LogP contribution in [0.2, 0.25) is 0 Å². The molecule has 5 rings (SSSR count). The van der Waals surface area contributed by atoms with Crippen molar-refractivity contribution in [3.63, 3.8) is 0 Å². The van der Waals surface area contributed by atoms with Crippen molar-refractivity contribution in [3.8, 4) is 17.3 Å². The van der Waals surface area contributed by atoms with E-state index in [0.29, 0.717) is 30.2 Å². The maximum Gasteiger partial charge on any atom is 0.272 e. The lowest BCUT2D eigenvalue weighted by molar-refractivity contribution is 0.0722. The molecule has 0 saturated heterocycles. The number of carbonyl (C=O) groups excluding carboxylic acids is 1. The fourth-order valence-corrected chi connectivity index (χ4v) is 3.15. The predicted molar refractivity (Wildman–Crippen MR) is 91.6 cm³/mol. The van der Waals surface area contributed by atoms with Crippen LogP contribution in [-0.2, 0) is 13.0 Å². The van der Waals surface area contributed by atoms with Crippen LogP contribution in [0.1, 0.15) is 21.9 Å². The molecule has 1 N–H and O–H groups in total. The molecule has 0 bridgehead atoms. The number of benzene rings is 1. The molecule has 4 heterocycles. The quantitative estimate of drug-likeness (QED) is 0.556. The first-order valence-electron chi connectivity index (χ1n) is 8.60. The van der Waals surface area contributed by atoms with Crippen LogP contribution < -0.4 is 0 Å². The average molecular weight is 398 g/mol. The number of oxazole rings is 1. The Morgan fingerprint density at radius 3 is 2.76 bits per heavy atom. The molecule has 0 saturated carbocycles. The molecule has 0 unspecified atom stereocenters. The highest BCUT2D eigenvalue weighted by molar-refractivity contribution is 5.92. The van der Waals surface area contributed by atoms with E-state index in [1.165, 1.54) is 17.1 Å². The second kappa shape index (κ2) is 6.58. The van der Waals surface area contributed by atoms with E-state index >= 15 is 0 Å². The van der Waals surface area contributed by atoms with Crippen molar-refractivity contribution in [3.05, 3.63) is 59.4 Å². The van der Waals surface area contributed by atoms with E-state index in [-0.39, 0.29) is 29.6 Å². The van der Waals surface area contributed by atoms with Crippen molar-refractivity contribution < 1.29 is 18.0 Å². The van der Waals surface area contributed by atoms with Gasteiger partial charge in [-0.05, 0) is 22.6 Å². The monoisotopic (exact) mass is 398 g/mol. The number of halogens is 2. The van der Waals surface area contributed by atoms with Gasteiger partial charge in [0.15, 0.2) is 5.82 Å². The van der Waals surface area contributed by atoms with Crippen molar-refractivity contribution in [2.45, 2.75) is 13.0 Å². The maximum absolute atomic E-state index is 13.5. The Morgan fingerprint density at radius 2 is 2.00 bits per heavy atom. The van der Waals surface area contributed by atoms with E-state index in [0.717, 1.165) is 18.2 Å².